The molecule has 0 bridgehead atoms. The van der Waals surface area contributed by atoms with E-state index in [1.54, 1.807) is 6.07 Å². The van der Waals surface area contributed by atoms with E-state index in [4.69, 9.17) is 23.2 Å². The first kappa shape index (κ1) is 22.4. The Labute approximate surface area is 171 Å². The van der Waals surface area contributed by atoms with Gasteiger partial charge in [0.2, 0.25) is 15.9 Å². The van der Waals surface area contributed by atoms with Crippen molar-refractivity contribution in [1.29, 1.82) is 0 Å². The minimum Gasteiger partial charge on any atom is -0.353 e. The smallest absolute Gasteiger partial charge is 0.246 e. The monoisotopic (exact) mass is 435 g/mol. The summed E-state index contributed by atoms with van der Waals surface area (Å²) in [6, 6.07) is 4.71. The second kappa shape index (κ2) is 9.56. The number of rotatable bonds is 7. The topological polar surface area (TPSA) is 69.7 Å². The molecule has 1 amide bonds. The summed E-state index contributed by atoms with van der Waals surface area (Å²) >= 11 is 12.1. The predicted molar refractivity (Wildman–Crippen MR) is 109 cm³/mol. The number of amides is 1. The number of hydrogen-bond acceptors (Lipinski definition) is 4. The van der Waals surface area contributed by atoms with Gasteiger partial charge in [0.1, 0.15) is 4.90 Å². The molecule has 6 nitrogen and oxygen atoms in total. The first-order chi connectivity index (χ1) is 12.6. The Morgan fingerprint density at radius 2 is 1.81 bits per heavy atom. The van der Waals surface area contributed by atoms with Gasteiger partial charge in [0.25, 0.3) is 0 Å². The van der Waals surface area contributed by atoms with Crippen molar-refractivity contribution in [2.24, 2.45) is 5.92 Å². The van der Waals surface area contributed by atoms with Gasteiger partial charge in [-0.2, -0.15) is 4.31 Å². The van der Waals surface area contributed by atoms with Gasteiger partial charge in [-0.15, -0.1) is 0 Å². The molecule has 1 aliphatic rings. The van der Waals surface area contributed by atoms with Gasteiger partial charge in [-0.25, -0.2) is 8.42 Å². The zero-order valence-electron chi connectivity index (χ0n) is 15.9. The summed E-state index contributed by atoms with van der Waals surface area (Å²) in [5.41, 5.74) is 0. The fourth-order valence-electron chi connectivity index (χ4n) is 3.10. The molecular weight excluding hydrogens is 409 g/mol. The van der Waals surface area contributed by atoms with E-state index >= 15 is 0 Å². The zero-order valence-corrected chi connectivity index (χ0v) is 18.2. The zero-order chi connectivity index (χ0) is 20.2. The number of sulfonamides is 1. The van der Waals surface area contributed by atoms with E-state index in [9.17, 15) is 13.2 Å². The lowest BCUT2D eigenvalue weighted by atomic mass is 9.97. The minimum atomic E-state index is -3.78. The molecule has 152 valence electrons. The van der Waals surface area contributed by atoms with Gasteiger partial charge in [-0.3, -0.25) is 4.79 Å². The van der Waals surface area contributed by atoms with Crippen LogP contribution >= 0.6 is 23.2 Å². The summed E-state index contributed by atoms with van der Waals surface area (Å²) in [5.74, 6) is -0.186. The van der Waals surface area contributed by atoms with E-state index in [0.29, 0.717) is 12.8 Å². The molecule has 0 aromatic heterocycles. The molecule has 1 saturated heterocycles. The minimum absolute atomic E-state index is 0.00548. The van der Waals surface area contributed by atoms with Crippen LogP contribution in [0.3, 0.4) is 0 Å². The summed E-state index contributed by atoms with van der Waals surface area (Å²) in [6.07, 6.45) is 1.83. The van der Waals surface area contributed by atoms with Crippen molar-refractivity contribution in [2.75, 3.05) is 33.7 Å². The first-order valence-electron chi connectivity index (χ1n) is 9.02. The Hall–Kier alpha value is -0.860. The summed E-state index contributed by atoms with van der Waals surface area (Å²) in [5, 5.41) is 3.25. The number of benzene rings is 1. The maximum Gasteiger partial charge on any atom is 0.246 e. The number of nitrogens with one attached hydrogen (secondary N) is 1. The average molecular weight is 436 g/mol. The number of nitrogens with zero attached hydrogens (tertiary/aromatic N) is 2. The van der Waals surface area contributed by atoms with Crippen LogP contribution in [0.4, 0.5) is 0 Å². The maximum absolute atomic E-state index is 12.9. The Kier molecular flexibility index (Phi) is 7.94. The Morgan fingerprint density at radius 1 is 1.26 bits per heavy atom. The van der Waals surface area contributed by atoms with Crippen molar-refractivity contribution in [2.45, 2.75) is 37.1 Å². The van der Waals surface area contributed by atoms with Crippen LogP contribution in [-0.2, 0) is 14.8 Å². The first-order valence-corrected chi connectivity index (χ1v) is 11.2. The van der Waals surface area contributed by atoms with Crippen molar-refractivity contribution in [1.82, 2.24) is 14.5 Å². The van der Waals surface area contributed by atoms with Gasteiger partial charge in [0.05, 0.1) is 10.0 Å². The van der Waals surface area contributed by atoms with Crippen LogP contribution < -0.4 is 5.32 Å². The standard InChI is InChI=1S/C18H27Cl2N3O3S/c1-13(7-10-22(2)3)21-18(24)14-8-11-23(12-9-14)27(25,26)17-15(19)5-4-6-16(17)20/h4-6,13-14H,7-12H2,1-3H3,(H,21,24). The summed E-state index contributed by atoms with van der Waals surface area (Å²) in [6.45, 7) is 3.43. The van der Waals surface area contributed by atoms with Gasteiger partial charge in [0.15, 0.2) is 0 Å². The van der Waals surface area contributed by atoms with Crippen molar-refractivity contribution >= 4 is 39.1 Å². The van der Waals surface area contributed by atoms with Crippen LogP contribution in [0.15, 0.2) is 23.1 Å². The molecule has 0 radical (unpaired) electrons. The molecule has 1 aliphatic heterocycles. The molecule has 9 heteroatoms. The highest BCUT2D eigenvalue weighted by atomic mass is 35.5. The second-order valence-electron chi connectivity index (χ2n) is 7.23. The fraction of sp³-hybridized carbons (Fsp3) is 0.611. The lowest BCUT2D eigenvalue weighted by molar-refractivity contribution is -0.126. The molecule has 1 atom stereocenters. The van der Waals surface area contributed by atoms with E-state index < -0.39 is 10.0 Å². The molecule has 1 N–H and O–H groups in total. The molecule has 0 spiro atoms. The number of halogens is 2. The molecule has 1 aromatic carbocycles. The summed E-state index contributed by atoms with van der Waals surface area (Å²) in [4.78, 5) is 14.5. The van der Waals surface area contributed by atoms with E-state index in [-0.39, 0.29) is 45.9 Å². The molecule has 2 rings (SSSR count). The van der Waals surface area contributed by atoms with Crippen LogP contribution in [0.2, 0.25) is 10.0 Å². The van der Waals surface area contributed by atoms with Crippen molar-refractivity contribution in [3.63, 3.8) is 0 Å². The van der Waals surface area contributed by atoms with Crippen molar-refractivity contribution in [3.05, 3.63) is 28.2 Å². The molecule has 1 unspecified atom stereocenters. The number of hydrogen-bond donors (Lipinski definition) is 1. The van der Waals surface area contributed by atoms with E-state index in [2.05, 4.69) is 10.2 Å². The fourth-order valence-corrected chi connectivity index (χ4v) is 5.66. The highest BCUT2D eigenvalue weighted by Gasteiger charge is 2.34. The van der Waals surface area contributed by atoms with Crippen molar-refractivity contribution in [3.8, 4) is 0 Å². The Bertz CT molecular complexity index is 743. The molecule has 0 saturated carbocycles. The SMILES string of the molecule is CC(CCN(C)C)NC(=O)C1CCN(S(=O)(=O)c2c(Cl)cccc2Cl)CC1. The van der Waals surface area contributed by atoms with Gasteiger partial charge >= 0.3 is 0 Å². The predicted octanol–water partition coefficient (Wildman–Crippen LogP) is 2.85. The number of carbonyl (C=O) groups is 1. The number of piperidine rings is 1. The van der Waals surface area contributed by atoms with Gasteiger partial charge in [-0.1, -0.05) is 29.3 Å². The lowest BCUT2D eigenvalue weighted by Crippen LogP contribution is -2.45. The van der Waals surface area contributed by atoms with Crippen LogP contribution in [0.25, 0.3) is 0 Å². The molecule has 1 fully saturated rings. The Morgan fingerprint density at radius 3 is 2.33 bits per heavy atom. The third kappa shape index (κ3) is 5.81. The summed E-state index contributed by atoms with van der Waals surface area (Å²) < 4.78 is 27.1. The van der Waals surface area contributed by atoms with Crippen LogP contribution in [0, 0.1) is 5.92 Å². The van der Waals surface area contributed by atoms with Gasteiger partial charge in [0, 0.05) is 25.0 Å². The second-order valence-corrected chi connectivity index (χ2v) is 9.92. The average Bonchev–Trinajstić information content (AvgIpc) is 2.59. The Balaban J connectivity index is 1.95. The molecule has 0 aliphatic carbocycles. The number of carbonyl (C=O) groups excluding carboxylic acids is 1. The lowest BCUT2D eigenvalue weighted by Gasteiger charge is -2.31. The third-order valence-corrected chi connectivity index (χ3v) is 7.59. The van der Waals surface area contributed by atoms with E-state index in [1.807, 2.05) is 21.0 Å². The third-order valence-electron chi connectivity index (χ3n) is 4.74. The molecule has 27 heavy (non-hydrogen) atoms. The molecule has 1 aromatic rings. The highest BCUT2D eigenvalue weighted by Crippen LogP contribution is 2.33. The van der Waals surface area contributed by atoms with Crippen LogP contribution in [0.5, 0.6) is 0 Å². The van der Waals surface area contributed by atoms with Gasteiger partial charge < -0.3 is 10.2 Å². The van der Waals surface area contributed by atoms with Crippen LogP contribution in [0.1, 0.15) is 26.2 Å². The van der Waals surface area contributed by atoms with E-state index in [1.165, 1.54) is 16.4 Å². The quantitative estimate of drug-likeness (QED) is 0.714. The summed E-state index contributed by atoms with van der Waals surface area (Å²) in [7, 11) is 0.210. The maximum atomic E-state index is 12.9. The largest absolute Gasteiger partial charge is 0.353 e. The van der Waals surface area contributed by atoms with E-state index in [0.717, 1.165) is 13.0 Å². The normalized spacial score (nSPS) is 17.9. The van der Waals surface area contributed by atoms with Crippen molar-refractivity contribution < 1.29 is 13.2 Å². The van der Waals surface area contributed by atoms with Crippen LogP contribution in [-0.4, -0.2) is 63.3 Å². The molecular formula is C18H27Cl2N3O3S. The molecule has 1 heterocycles. The highest BCUT2D eigenvalue weighted by molar-refractivity contribution is 7.89. The van der Waals surface area contributed by atoms with Gasteiger partial charge in [-0.05, 0) is 59.0 Å².